The molecule has 1 aliphatic carbocycles. The van der Waals surface area contributed by atoms with Crippen molar-refractivity contribution in [2.75, 3.05) is 18.4 Å². The summed E-state index contributed by atoms with van der Waals surface area (Å²) in [6.07, 6.45) is 8.76. The maximum absolute atomic E-state index is 12.5. The zero-order valence-electron chi connectivity index (χ0n) is 13.1. The lowest BCUT2D eigenvalue weighted by Crippen LogP contribution is -3.16. The average molecular weight is 287 g/mol. The molecule has 21 heavy (non-hydrogen) atoms. The highest BCUT2D eigenvalue weighted by Crippen LogP contribution is 2.24. The van der Waals surface area contributed by atoms with Gasteiger partial charge in [0.05, 0.1) is 13.1 Å². The third-order valence-corrected chi connectivity index (χ3v) is 5.12. The summed E-state index contributed by atoms with van der Waals surface area (Å²) >= 11 is 0. The summed E-state index contributed by atoms with van der Waals surface area (Å²) in [6.45, 7) is 4.35. The van der Waals surface area contributed by atoms with Crippen LogP contribution in [0.4, 0.5) is 5.69 Å². The Labute approximate surface area is 127 Å². The number of amides is 1. The number of nitrogens with one attached hydrogen (secondary N) is 2. The molecule has 1 amide bonds. The van der Waals surface area contributed by atoms with Gasteiger partial charge in [-0.25, -0.2) is 0 Å². The van der Waals surface area contributed by atoms with Crippen molar-refractivity contribution < 1.29 is 9.69 Å². The fraction of sp³-hybridized carbons (Fsp3) is 0.611. The van der Waals surface area contributed by atoms with Crippen molar-refractivity contribution in [2.24, 2.45) is 0 Å². The topological polar surface area (TPSA) is 33.5 Å². The monoisotopic (exact) mass is 287 g/mol. The first kappa shape index (κ1) is 14.6. The van der Waals surface area contributed by atoms with Crippen LogP contribution in [-0.4, -0.2) is 25.0 Å². The van der Waals surface area contributed by atoms with Crippen molar-refractivity contribution >= 4 is 11.6 Å². The molecule has 3 rings (SSSR count). The predicted octanol–water partition coefficient (Wildman–Crippen LogP) is 1.96. The van der Waals surface area contributed by atoms with E-state index in [1.807, 2.05) is 0 Å². The Balaban J connectivity index is 1.62. The molecule has 2 aliphatic rings. The van der Waals surface area contributed by atoms with E-state index in [9.17, 15) is 4.79 Å². The second-order valence-electron chi connectivity index (χ2n) is 6.62. The Kier molecular flexibility index (Phi) is 4.59. The van der Waals surface area contributed by atoms with Gasteiger partial charge in [-0.3, -0.25) is 4.79 Å². The molecule has 114 valence electrons. The second kappa shape index (κ2) is 6.61. The number of fused-ring (bicyclic) bond motifs is 1. The van der Waals surface area contributed by atoms with Crippen LogP contribution in [0.3, 0.4) is 0 Å². The molecule has 0 saturated carbocycles. The fourth-order valence-electron chi connectivity index (χ4n) is 3.70. The molecule has 1 aromatic carbocycles. The van der Waals surface area contributed by atoms with E-state index >= 15 is 0 Å². The lowest BCUT2D eigenvalue weighted by atomic mass is 10.1. The highest BCUT2D eigenvalue weighted by atomic mass is 16.2. The van der Waals surface area contributed by atoms with Crippen LogP contribution >= 0.6 is 0 Å². The first-order chi connectivity index (χ1) is 10.2. The summed E-state index contributed by atoms with van der Waals surface area (Å²) in [6, 6.07) is 6.47. The van der Waals surface area contributed by atoms with Crippen molar-refractivity contribution in [3.8, 4) is 0 Å². The van der Waals surface area contributed by atoms with Crippen molar-refractivity contribution in [3.63, 3.8) is 0 Å². The molecule has 0 bridgehead atoms. The number of likely N-dealkylation sites (tertiary alicyclic amines) is 1. The van der Waals surface area contributed by atoms with Gasteiger partial charge in [0.1, 0.15) is 0 Å². The van der Waals surface area contributed by atoms with Crippen LogP contribution in [0.5, 0.6) is 0 Å². The number of carbonyl (C=O) groups is 1. The highest BCUT2D eigenvalue weighted by molar-refractivity contribution is 5.93. The van der Waals surface area contributed by atoms with Gasteiger partial charge < -0.3 is 10.2 Å². The standard InChI is InChI=1S/C18H26N2O/c1-14(20-11-4-2-3-5-12-20)18(21)19-17-10-9-15-7-6-8-16(15)13-17/h9-10,13-14H,2-8,11-12H2,1H3,(H,19,21)/p+1/t14-/m0/s1. The summed E-state index contributed by atoms with van der Waals surface area (Å²) in [5.41, 5.74) is 3.85. The molecule has 3 heteroatoms. The molecular formula is C18H27N2O+. The maximum atomic E-state index is 12.5. The quantitative estimate of drug-likeness (QED) is 0.875. The molecule has 0 spiro atoms. The second-order valence-corrected chi connectivity index (χ2v) is 6.62. The van der Waals surface area contributed by atoms with Crippen LogP contribution in [0.15, 0.2) is 18.2 Å². The molecule has 1 aliphatic heterocycles. The Morgan fingerprint density at radius 2 is 1.76 bits per heavy atom. The summed E-state index contributed by atoms with van der Waals surface area (Å²) in [4.78, 5) is 13.9. The molecule has 1 heterocycles. The van der Waals surface area contributed by atoms with Gasteiger partial charge in [0.25, 0.3) is 5.91 Å². The third-order valence-electron chi connectivity index (χ3n) is 5.12. The number of anilines is 1. The summed E-state index contributed by atoms with van der Waals surface area (Å²) in [5.74, 6) is 0.171. The fourth-order valence-corrected chi connectivity index (χ4v) is 3.70. The number of rotatable bonds is 3. The van der Waals surface area contributed by atoms with E-state index in [4.69, 9.17) is 0 Å². The van der Waals surface area contributed by atoms with E-state index < -0.39 is 0 Å². The number of carbonyl (C=O) groups excluding carboxylic acids is 1. The Morgan fingerprint density at radius 1 is 1.05 bits per heavy atom. The number of quaternary nitrogens is 1. The molecule has 2 N–H and O–H groups in total. The molecule has 0 radical (unpaired) electrons. The van der Waals surface area contributed by atoms with Crippen LogP contribution in [0.2, 0.25) is 0 Å². The molecule has 0 aromatic heterocycles. The van der Waals surface area contributed by atoms with Gasteiger partial charge in [0, 0.05) is 5.69 Å². The predicted molar refractivity (Wildman–Crippen MR) is 85.7 cm³/mol. The first-order valence-electron chi connectivity index (χ1n) is 8.51. The molecule has 1 aromatic rings. The minimum absolute atomic E-state index is 0.0522. The van der Waals surface area contributed by atoms with Crippen molar-refractivity contribution in [1.29, 1.82) is 0 Å². The van der Waals surface area contributed by atoms with E-state index in [0.717, 1.165) is 25.2 Å². The smallest absolute Gasteiger partial charge is 0.282 e. The van der Waals surface area contributed by atoms with Crippen LogP contribution in [0.25, 0.3) is 0 Å². The van der Waals surface area contributed by atoms with Gasteiger partial charge in [-0.05, 0) is 75.1 Å². The van der Waals surface area contributed by atoms with Gasteiger partial charge in [0.15, 0.2) is 6.04 Å². The van der Waals surface area contributed by atoms with Gasteiger partial charge >= 0.3 is 0 Å². The molecule has 1 atom stereocenters. The van der Waals surface area contributed by atoms with Gasteiger partial charge in [-0.15, -0.1) is 0 Å². The van der Waals surface area contributed by atoms with E-state index in [1.54, 1.807) is 0 Å². The van der Waals surface area contributed by atoms with Crippen LogP contribution in [-0.2, 0) is 17.6 Å². The zero-order valence-corrected chi connectivity index (χ0v) is 13.1. The minimum atomic E-state index is 0.0522. The third kappa shape index (κ3) is 3.46. The Hall–Kier alpha value is -1.35. The largest absolute Gasteiger partial charge is 0.325 e. The number of hydrogen-bond acceptors (Lipinski definition) is 1. The van der Waals surface area contributed by atoms with Crippen molar-refractivity contribution in [2.45, 2.75) is 57.9 Å². The highest BCUT2D eigenvalue weighted by Gasteiger charge is 2.26. The van der Waals surface area contributed by atoms with Crippen molar-refractivity contribution in [1.82, 2.24) is 0 Å². The molecular weight excluding hydrogens is 260 g/mol. The van der Waals surface area contributed by atoms with Crippen LogP contribution in [0.1, 0.15) is 50.2 Å². The molecule has 1 fully saturated rings. The van der Waals surface area contributed by atoms with Crippen LogP contribution in [0, 0.1) is 0 Å². The summed E-state index contributed by atoms with van der Waals surface area (Å²) in [7, 11) is 0. The van der Waals surface area contributed by atoms with Gasteiger partial charge in [-0.1, -0.05) is 6.07 Å². The Bertz CT molecular complexity index is 504. The van der Waals surface area contributed by atoms with Crippen molar-refractivity contribution in [3.05, 3.63) is 29.3 Å². The SMILES string of the molecule is C[C@@H](C(=O)Nc1ccc2c(c1)CCC2)[NH+]1CCCCCC1. The minimum Gasteiger partial charge on any atom is -0.325 e. The normalized spacial score (nSPS) is 20.6. The average Bonchev–Trinajstić information content (AvgIpc) is 2.78. The van der Waals surface area contributed by atoms with E-state index in [0.29, 0.717) is 0 Å². The maximum Gasteiger partial charge on any atom is 0.282 e. The zero-order chi connectivity index (χ0) is 14.7. The van der Waals surface area contributed by atoms with E-state index in [-0.39, 0.29) is 11.9 Å². The van der Waals surface area contributed by atoms with Crippen LogP contribution < -0.4 is 10.2 Å². The Morgan fingerprint density at radius 3 is 2.52 bits per heavy atom. The van der Waals surface area contributed by atoms with E-state index in [2.05, 4.69) is 30.4 Å². The molecule has 0 unspecified atom stereocenters. The van der Waals surface area contributed by atoms with Gasteiger partial charge in [0.2, 0.25) is 0 Å². The number of benzene rings is 1. The lowest BCUT2D eigenvalue weighted by molar-refractivity contribution is -0.913. The lowest BCUT2D eigenvalue weighted by Gasteiger charge is -2.23. The van der Waals surface area contributed by atoms with Gasteiger partial charge in [-0.2, -0.15) is 0 Å². The summed E-state index contributed by atoms with van der Waals surface area (Å²) < 4.78 is 0. The van der Waals surface area contributed by atoms with E-state index in [1.165, 1.54) is 54.6 Å². The number of hydrogen-bond donors (Lipinski definition) is 2. The molecule has 1 saturated heterocycles. The first-order valence-corrected chi connectivity index (χ1v) is 8.51. The number of aryl methyl sites for hydroxylation is 2. The molecule has 3 nitrogen and oxygen atoms in total. The summed E-state index contributed by atoms with van der Waals surface area (Å²) in [5, 5.41) is 3.13.